The number of carbonyl (C=O) groups is 1. The first-order chi connectivity index (χ1) is 14.6. The Morgan fingerprint density at radius 3 is 2.77 bits per heavy atom. The number of methoxy groups -OCH3 is 2. The molecule has 7 heteroatoms. The summed E-state index contributed by atoms with van der Waals surface area (Å²) in [6.07, 6.45) is 9.27. The minimum atomic E-state index is 0.207. The van der Waals surface area contributed by atoms with Crippen molar-refractivity contribution in [1.29, 1.82) is 0 Å². The molecule has 1 aromatic heterocycles. The maximum atomic E-state index is 12.7. The van der Waals surface area contributed by atoms with Gasteiger partial charge in [0.2, 0.25) is 5.91 Å². The third kappa shape index (κ3) is 5.92. The SMILES string of the molecule is COc1ccc(CCN(C)[C@@H]2CCCN(C(=O)CCc3cnccn3)C2)cc1OC. The molecular formula is C23H32N4O3. The van der Waals surface area contributed by atoms with Crippen LogP contribution in [0.3, 0.4) is 0 Å². The molecule has 7 nitrogen and oxygen atoms in total. The number of carbonyl (C=O) groups excluding carboxylic acids is 1. The number of benzene rings is 1. The lowest BCUT2D eigenvalue weighted by Crippen LogP contribution is -2.49. The summed E-state index contributed by atoms with van der Waals surface area (Å²) in [4.78, 5) is 25.4. The van der Waals surface area contributed by atoms with Crippen LogP contribution in [0.5, 0.6) is 11.5 Å². The van der Waals surface area contributed by atoms with Crippen molar-refractivity contribution in [3.8, 4) is 11.5 Å². The lowest BCUT2D eigenvalue weighted by molar-refractivity contribution is -0.133. The number of hydrogen-bond donors (Lipinski definition) is 0. The smallest absolute Gasteiger partial charge is 0.223 e. The number of amides is 1. The van der Waals surface area contributed by atoms with Crippen molar-refractivity contribution in [1.82, 2.24) is 19.8 Å². The van der Waals surface area contributed by atoms with Crippen molar-refractivity contribution >= 4 is 5.91 Å². The molecular weight excluding hydrogens is 380 g/mol. The maximum absolute atomic E-state index is 12.7. The Kier molecular flexibility index (Phi) is 8.02. The van der Waals surface area contributed by atoms with Crippen molar-refractivity contribution in [3.05, 3.63) is 48.0 Å². The summed E-state index contributed by atoms with van der Waals surface area (Å²) >= 11 is 0. The van der Waals surface area contributed by atoms with Crippen molar-refractivity contribution in [2.75, 3.05) is 40.9 Å². The predicted molar refractivity (Wildman–Crippen MR) is 116 cm³/mol. The van der Waals surface area contributed by atoms with Crippen molar-refractivity contribution < 1.29 is 14.3 Å². The lowest BCUT2D eigenvalue weighted by Gasteiger charge is -2.37. The second-order valence-electron chi connectivity index (χ2n) is 7.75. The molecule has 1 saturated heterocycles. The number of hydrogen-bond acceptors (Lipinski definition) is 6. The van der Waals surface area contributed by atoms with E-state index in [9.17, 15) is 4.79 Å². The molecule has 0 saturated carbocycles. The fourth-order valence-corrected chi connectivity index (χ4v) is 3.92. The number of ether oxygens (including phenoxy) is 2. The van der Waals surface area contributed by atoms with Crippen LogP contribution in [0.4, 0.5) is 0 Å². The Bertz CT molecular complexity index is 815. The Morgan fingerprint density at radius 1 is 1.20 bits per heavy atom. The topological polar surface area (TPSA) is 67.8 Å². The van der Waals surface area contributed by atoms with Crippen LogP contribution in [0.2, 0.25) is 0 Å². The second-order valence-corrected chi connectivity index (χ2v) is 7.75. The number of aryl methyl sites for hydroxylation is 1. The van der Waals surface area contributed by atoms with Gasteiger partial charge in [-0.1, -0.05) is 6.07 Å². The maximum Gasteiger partial charge on any atom is 0.223 e. The quantitative estimate of drug-likeness (QED) is 0.631. The molecule has 1 aliphatic heterocycles. The van der Waals surface area contributed by atoms with E-state index in [1.54, 1.807) is 32.8 Å². The Hall–Kier alpha value is -2.67. The van der Waals surface area contributed by atoms with E-state index >= 15 is 0 Å². The molecule has 2 heterocycles. The molecule has 1 fully saturated rings. The van der Waals surface area contributed by atoms with Gasteiger partial charge >= 0.3 is 0 Å². The van der Waals surface area contributed by atoms with Crippen LogP contribution in [0.1, 0.15) is 30.5 Å². The molecule has 162 valence electrons. The van der Waals surface area contributed by atoms with Crippen LogP contribution >= 0.6 is 0 Å². The summed E-state index contributed by atoms with van der Waals surface area (Å²) in [5.74, 6) is 1.71. The van der Waals surface area contributed by atoms with E-state index in [4.69, 9.17) is 9.47 Å². The van der Waals surface area contributed by atoms with Gasteiger partial charge in [-0.25, -0.2) is 0 Å². The van der Waals surface area contributed by atoms with E-state index in [0.717, 1.165) is 56.1 Å². The number of nitrogens with zero attached hydrogens (tertiary/aromatic N) is 4. The summed E-state index contributed by atoms with van der Waals surface area (Å²) in [6.45, 7) is 2.57. The van der Waals surface area contributed by atoms with E-state index in [2.05, 4.69) is 28.0 Å². The summed E-state index contributed by atoms with van der Waals surface area (Å²) in [7, 11) is 5.46. The molecule has 0 N–H and O–H groups in total. The van der Waals surface area contributed by atoms with Gasteiger partial charge in [0, 0.05) is 50.7 Å². The highest BCUT2D eigenvalue weighted by atomic mass is 16.5. The minimum Gasteiger partial charge on any atom is -0.493 e. The Labute approximate surface area is 179 Å². The Balaban J connectivity index is 1.49. The van der Waals surface area contributed by atoms with E-state index in [-0.39, 0.29) is 5.91 Å². The highest BCUT2D eigenvalue weighted by molar-refractivity contribution is 5.76. The average Bonchev–Trinajstić information content (AvgIpc) is 2.81. The lowest BCUT2D eigenvalue weighted by atomic mass is 10.0. The molecule has 2 aromatic rings. The van der Waals surface area contributed by atoms with E-state index in [1.807, 2.05) is 17.0 Å². The van der Waals surface area contributed by atoms with Crippen LogP contribution < -0.4 is 9.47 Å². The highest BCUT2D eigenvalue weighted by Gasteiger charge is 2.26. The van der Waals surface area contributed by atoms with Crippen LogP contribution in [0.15, 0.2) is 36.8 Å². The first kappa shape index (κ1) is 22.0. The third-order valence-corrected chi connectivity index (χ3v) is 5.79. The van der Waals surface area contributed by atoms with Gasteiger partial charge in [-0.2, -0.15) is 0 Å². The van der Waals surface area contributed by atoms with Crippen molar-refractivity contribution in [2.24, 2.45) is 0 Å². The summed E-state index contributed by atoms with van der Waals surface area (Å²) in [6, 6.07) is 6.46. The van der Waals surface area contributed by atoms with Gasteiger partial charge in [-0.15, -0.1) is 0 Å². The van der Waals surface area contributed by atoms with Crippen LogP contribution in [-0.2, 0) is 17.6 Å². The van der Waals surface area contributed by atoms with Gasteiger partial charge in [0.15, 0.2) is 11.5 Å². The van der Waals surface area contributed by atoms with Gasteiger partial charge in [0.1, 0.15) is 0 Å². The van der Waals surface area contributed by atoms with Gasteiger partial charge < -0.3 is 19.3 Å². The molecule has 1 amide bonds. The number of rotatable bonds is 9. The molecule has 0 radical (unpaired) electrons. The van der Waals surface area contributed by atoms with Crippen molar-refractivity contribution in [2.45, 2.75) is 38.1 Å². The first-order valence-electron chi connectivity index (χ1n) is 10.5. The zero-order chi connectivity index (χ0) is 21.3. The minimum absolute atomic E-state index is 0.207. The monoisotopic (exact) mass is 412 g/mol. The van der Waals surface area contributed by atoms with E-state index in [0.29, 0.717) is 18.9 Å². The number of piperidine rings is 1. The predicted octanol–water partition coefficient (Wildman–Crippen LogP) is 2.59. The largest absolute Gasteiger partial charge is 0.493 e. The molecule has 0 bridgehead atoms. The zero-order valence-electron chi connectivity index (χ0n) is 18.2. The van der Waals surface area contributed by atoms with E-state index < -0.39 is 0 Å². The standard InChI is InChI=1S/C23H32N4O3/c1-26(14-10-18-6-8-21(29-2)22(15-18)30-3)20-5-4-13-27(17-20)23(28)9-7-19-16-24-11-12-25-19/h6,8,11-12,15-16,20H,4-5,7,9-10,13-14,17H2,1-3H3/t20-/m1/s1. The number of likely N-dealkylation sites (tertiary alicyclic amines) is 1. The fraction of sp³-hybridized carbons (Fsp3) is 0.522. The molecule has 1 aliphatic rings. The average molecular weight is 413 g/mol. The highest BCUT2D eigenvalue weighted by Crippen LogP contribution is 2.28. The van der Waals surface area contributed by atoms with Gasteiger partial charge in [-0.3, -0.25) is 14.8 Å². The second kappa shape index (κ2) is 10.9. The molecule has 1 atom stereocenters. The van der Waals surface area contributed by atoms with Crippen LogP contribution in [0.25, 0.3) is 0 Å². The Morgan fingerprint density at radius 2 is 2.03 bits per heavy atom. The molecule has 0 aliphatic carbocycles. The number of aromatic nitrogens is 2. The summed E-state index contributed by atoms with van der Waals surface area (Å²) in [5.41, 5.74) is 2.08. The van der Waals surface area contributed by atoms with E-state index in [1.165, 1.54) is 5.56 Å². The molecule has 0 unspecified atom stereocenters. The zero-order valence-corrected chi connectivity index (χ0v) is 18.2. The first-order valence-corrected chi connectivity index (χ1v) is 10.5. The summed E-state index contributed by atoms with van der Waals surface area (Å²) < 4.78 is 10.7. The molecule has 30 heavy (non-hydrogen) atoms. The number of likely N-dealkylation sites (N-methyl/N-ethyl adjacent to an activating group) is 1. The summed E-state index contributed by atoms with van der Waals surface area (Å²) in [5, 5.41) is 0. The van der Waals surface area contributed by atoms with Crippen LogP contribution in [0, 0.1) is 0 Å². The molecule has 1 aromatic carbocycles. The fourth-order valence-electron chi connectivity index (χ4n) is 3.92. The molecule has 0 spiro atoms. The van der Waals surface area contributed by atoms with Crippen molar-refractivity contribution in [3.63, 3.8) is 0 Å². The van der Waals surface area contributed by atoms with Gasteiger partial charge in [-0.05, 0) is 50.4 Å². The normalized spacial score (nSPS) is 16.5. The van der Waals surface area contributed by atoms with Crippen LogP contribution in [-0.4, -0.2) is 72.6 Å². The third-order valence-electron chi connectivity index (χ3n) is 5.79. The van der Waals surface area contributed by atoms with Gasteiger partial charge in [0.05, 0.1) is 19.9 Å². The van der Waals surface area contributed by atoms with Gasteiger partial charge in [0.25, 0.3) is 0 Å². The molecule has 3 rings (SSSR count).